The van der Waals surface area contributed by atoms with Gasteiger partial charge in [-0.2, -0.15) is 0 Å². The second kappa shape index (κ2) is 6.86. The van der Waals surface area contributed by atoms with Crippen LogP contribution >= 0.6 is 0 Å². The Labute approximate surface area is 107 Å². The summed E-state index contributed by atoms with van der Waals surface area (Å²) in [5, 5.41) is 2.79. The van der Waals surface area contributed by atoms with Gasteiger partial charge in [-0.1, -0.05) is 0 Å². The van der Waals surface area contributed by atoms with Gasteiger partial charge in [-0.05, 0) is 25.5 Å². The maximum absolute atomic E-state index is 11.7. The summed E-state index contributed by atoms with van der Waals surface area (Å²) in [7, 11) is 3.13. The van der Waals surface area contributed by atoms with Crippen LogP contribution in [0.3, 0.4) is 0 Å². The van der Waals surface area contributed by atoms with Crippen LogP contribution in [0.25, 0.3) is 0 Å². The Morgan fingerprint density at radius 1 is 1.39 bits per heavy atom. The number of carbonyl (C=O) groups excluding carboxylic acids is 1. The fourth-order valence-corrected chi connectivity index (χ4v) is 1.48. The molecule has 0 aliphatic rings. The Balaban J connectivity index is 2.72. The van der Waals surface area contributed by atoms with Crippen LogP contribution in [-0.4, -0.2) is 26.2 Å². The third-order valence-electron chi connectivity index (χ3n) is 2.51. The minimum absolute atomic E-state index is 0.0166. The number of rotatable bonds is 6. The number of methoxy groups -OCH3 is 2. The summed E-state index contributed by atoms with van der Waals surface area (Å²) in [6, 6.07) is 5.27. The van der Waals surface area contributed by atoms with E-state index in [0.717, 1.165) is 0 Å². The van der Waals surface area contributed by atoms with E-state index in [2.05, 4.69) is 5.32 Å². The number of hydrogen-bond acceptors (Lipinski definition) is 4. The normalized spacial score (nSPS) is 11.8. The largest absolute Gasteiger partial charge is 0.497 e. The van der Waals surface area contributed by atoms with Gasteiger partial charge in [0.1, 0.15) is 11.5 Å². The highest BCUT2D eigenvalue weighted by Crippen LogP contribution is 2.28. The summed E-state index contributed by atoms with van der Waals surface area (Å²) in [6.07, 6.45) is 1.04. The Morgan fingerprint density at radius 3 is 2.67 bits per heavy atom. The number of nitrogens with one attached hydrogen (secondary N) is 1. The number of amides is 1. The lowest BCUT2D eigenvalue weighted by Crippen LogP contribution is -2.19. The van der Waals surface area contributed by atoms with Gasteiger partial charge in [0, 0.05) is 18.5 Å². The maximum Gasteiger partial charge on any atom is 0.224 e. The molecule has 0 saturated heterocycles. The van der Waals surface area contributed by atoms with Crippen molar-refractivity contribution >= 4 is 11.6 Å². The van der Waals surface area contributed by atoms with Crippen molar-refractivity contribution < 1.29 is 14.3 Å². The fraction of sp³-hybridized carbons (Fsp3) is 0.462. The van der Waals surface area contributed by atoms with E-state index in [0.29, 0.717) is 30.0 Å². The Kier molecular flexibility index (Phi) is 5.45. The van der Waals surface area contributed by atoms with Crippen LogP contribution in [0, 0.1) is 0 Å². The molecule has 18 heavy (non-hydrogen) atoms. The molecule has 1 aromatic carbocycles. The van der Waals surface area contributed by atoms with E-state index in [-0.39, 0.29) is 11.9 Å². The van der Waals surface area contributed by atoms with Gasteiger partial charge < -0.3 is 20.5 Å². The van der Waals surface area contributed by atoms with Gasteiger partial charge in [-0.15, -0.1) is 0 Å². The lowest BCUT2D eigenvalue weighted by Gasteiger charge is -2.12. The lowest BCUT2D eigenvalue weighted by atomic mass is 10.2. The van der Waals surface area contributed by atoms with E-state index in [1.54, 1.807) is 32.4 Å². The second-order valence-electron chi connectivity index (χ2n) is 4.13. The molecule has 0 aliphatic carbocycles. The van der Waals surface area contributed by atoms with E-state index in [9.17, 15) is 4.79 Å². The summed E-state index contributed by atoms with van der Waals surface area (Å²) in [5.74, 6) is 1.18. The van der Waals surface area contributed by atoms with Gasteiger partial charge in [0.2, 0.25) is 5.91 Å². The highest BCUT2D eigenvalue weighted by molar-refractivity contribution is 5.92. The smallest absolute Gasteiger partial charge is 0.224 e. The molecule has 0 bridgehead atoms. The predicted molar refractivity (Wildman–Crippen MR) is 71.1 cm³/mol. The summed E-state index contributed by atoms with van der Waals surface area (Å²) >= 11 is 0. The molecule has 5 nitrogen and oxygen atoms in total. The van der Waals surface area contributed by atoms with Crippen LogP contribution in [0.15, 0.2) is 18.2 Å². The van der Waals surface area contributed by atoms with Gasteiger partial charge in [-0.25, -0.2) is 0 Å². The quantitative estimate of drug-likeness (QED) is 0.809. The first kappa shape index (κ1) is 14.3. The topological polar surface area (TPSA) is 73.6 Å². The highest BCUT2D eigenvalue weighted by atomic mass is 16.5. The van der Waals surface area contributed by atoms with Gasteiger partial charge in [0.15, 0.2) is 0 Å². The summed E-state index contributed by atoms with van der Waals surface area (Å²) in [5.41, 5.74) is 6.21. The van der Waals surface area contributed by atoms with Gasteiger partial charge in [-0.3, -0.25) is 4.79 Å². The summed E-state index contributed by atoms with van der Waals surface area (Å²) in [4.78, 5) is 11.7. The molecular formula is C13H20N2O3. The number of ether oxygens (including phenoxy) is 2. The van der Waals surface area contributed by atoms with Crippen LogP contribution in [0.4, 0.5) is 5.69 Å². The average Bonchev–Trinajstić information content (AvgIpc) is 2.36. The Morgan fingerprint density at radius 2 is 2.11 bits per heavy atom. The minimum Gasteiger partial charge on any atom is -0.497 e. The third-order valence-corrected chi connectivity index (χ3v) is 2.51. The molecule has 1 rings (SSSR count). The number of nitrogens with two attached hydrogens (primary N) is 1. The Hall–Kier alpha value is -1.75. The van der Waals surface area contributed by atoms with Crippen molar-refractivity contribution in [3.63, 3.8) is 0 Å². The van der Waals surface area contributed by atoms with Crippen molar-refractivity contribution in [3.8, 4) is 11.5 Å². The number of benzene rings is 1. The van der Waals surface area contributed by atoms with Crippen molar-refractivity contribution in [1.82, 2.24) is 0 Å². The molecule has 0 heterocycles. The lowest BCUT2D eigenvalue weighted by molar-refractivity contribution is -0.116. The second-order valence-corrected chi connectivity index (χ2v) is 4.13. The zero-order valence-corrected chi connectivity index (χ0v) is 11.0. The zero-order chi connectivity index (χ0) is 13.5. The number of anilines is 1. The maximum atomic E-state index is 11.7. The first-order valence-electron chi connectivity index (χ1n) is 5.84. The third kappa shape index (κ3) is 4.25. The van der Waals surface area contributed by atoms with E-state index in [1.165, 1.54) is 0 Å². The van der Waals surface area contributed by atoms with Gasteiger partial charge >= 0.3 is 0 Å². The zero-order valence-electron chi connectivity index (χ0n) is 11.0. The van der Waals surface area contributed by atoms with E-state index in [4.69, 9.17) is 15.2 Å². The molecule has 0 fully saturated rings. The molecule has 0 aromatic heterocycles. The molecule has 1 atom stereocenters. The van der Waals surface area contributed by atoms with Crippen LogP contribution in [0.1, 0.15) is 19.8 Å². The van der Waals surface area contributed by atoms with Crippen molar-refractivity contribution in [2.24, 2.45) is 5.73 Å². The first-order chi connectivity index (χ1) is 8.56. The van der Waals surface area contributed by atoms with Gasteiger partial charge in [0.05, 0.1) is 19.9 Å². The highest BCUT2D eigenvalue weighted by Gasteiger charge is 2.09. The molecule has 100 valence electrons. The number of hydrogen-bond donors (Lipinski definition) is 2. The van der Waals surface area contributed by atoms with Crippen molar-refractivity contribution in [2.45, 2.75) is 25.8 Å². The molecule has 0 aliphatic heterocycles. The SMILES string of the molecule is COc1ccc(OC)c(NC(=O)CCC(C)N)c1. The monoisotopic (exact) mass is 252 g/mol. The number of carbonyl (C=O) groups is 1. The molecule has 1 unspecified atom stereocenters. The van der Waals surface area contributed by atoms with Crippen LogP contribution in [0.5, 0.6) is 11.5 Å². The standard InChI is InChI=1S/C13H20N2O3/c1-9(14)4-7-13(16)15-11-8-10(17-2)5-6-12(11)18-3/h5-6,8-9H,4,7,14H2,1-3H3,(H,15,16). The van der Waals surface area contributed by atoms with Crippen molar-refractivity contribution in [2.75, 3.05) is 19.5 Å². The molecular weight excluding hydrogens is 232 g/mol. The van der Waals surface area contributed by atoms with E-state index < -0.39 is 0 Å². The molecule has 0 radical (unpaired) electrons. The molecule has 3 N–H and O–H groups in total. The molecule has 1 amide bonds. The molecule has 0 spiro atoms. The van der Waals surface area contributed by atoms with E-state index in [1.807, 2.05) is 6.92 Å². The van der Waals surface area contributed by atoms with Crippen molar-refractivity contribution in [3.05, 3.63) is 18.2 Å². The summed E-state index contributed by atoms with van der Waals surface area (Å²) in [6.45, 7) is 1.87. The molecule has 5 heteroatoms. The van der Waals surface area contributed by atoms with Crippen LogP contribution < -0.4 is 20.5 Å². The average molecular weight is 252 g/mol. The predicted octanol–water partition coefficient (Wildman–Crippen LogP) is 1.77. The first-order valence-corrected chi connectivity index (χ1v) is 5.84. The molecule has 0 saturated carbocycles. The van der Waals surface area contributed by atoms with Crippen molar-refractivity contribution in [1.29, 1.82) is 0 Å². The van der Waals surface area contributed by atoms with E-state index >= 15 is 0 Å². The Bertz CT molecular complexity index is 405. The summed E-state index contributed by atoms with van der Waals surface area (Å²) < 4.78 is 10.3. The van der Waals surface area contributed by atoms with Gasteiger partial charge in [0.25, 0.3) is 0 Å². The van der Waals surface area contributed by atoms with Crippen LogP contribution in [0.2, 0.25) is 0 Å². The van der Waals surface area contributed by atoms with Crippen LogP contribution in [-0.2, 0) is 4.79 Å². The minimum atomic E-state index is -0.0844. The molecule has 1 aromatic rings. The fourth-order valence-electron chi connectivity index (χ4n) is 1.48.